The van der Waals surface area contributed by atoms with Gasteiger partial charge in [0.1, 0.15) is 0 Å². The lowest BCUT2D eigenvalue weighted by atomic mass is 10.1. The topological polar surface area (TPSA) is 38.4 Å². The van der Waals surface area contributed by atoms with E-state index in [-0.39, 0.29) is 12.1 Å². The van der Waals surface area contributed by atoms with E-state index >= 15 is 0 Å². The van der Waals surface area contributed by atoms with Crippen LogP contribution in [0.1, 0.15) is 11.1 Å². The van der Waals surface area contributed by atoms with E-state index < -0.39 is 29.2 Å². The highest BCUT2D eigenvalue weighted by Crippen LogP contribution is 2.31. The fraction of sp³-hybridized carbons (Fsp3) is 0.222. The summed E-state index contributed by atoms with van der Waals surface area (Å²) in [4.78, 5) is 0. The normalized spacial score (nSPS) is 13.8. The molecule has 0 heterocycles. The third-order valence-electron chi connectivity index (χ3n) is 1.88. The van der Waals surface area contributed by atoms with E-state index in [1.54, 1.807) is 0 Å². The zero-order chi connectivity index (χ0) is 14.0. The molecule has 0 atom stereocenters. The summed E-state index contributed by atoms with van der Waals surface area (Å²) in [6.07, 6.45) is -9.60. The van der Waals surface area contributed by atoms with Crippen LogP contribution in [-0.2, 0) is 6.18 Å². The van der Waals surface area contributed by atoms with Crippen molar-refractivity contribution < 1.29 is 26.3 Å². The maximum absolute atomic E-state index is 12.5. The summed E-state index contributed by atoms with van der Waals surface area (Å²) in [6.45, 7) is 0. The summed E-state index contributed by atoms with van der Waals surface area (Å²) < 4.78 is 77.6. The molecule has 2 nitrogen and oxygen atoms in total. The minimum Gasteiger partial charge on any atom is -0.258 e. The lowest BCUT2D eigenvalue weighted by Crippen LogP contribution is -2.24. The Morgan fingerprint density at radius 1 is 1.11 bits per heavy atom. The Hall–Kier alpha value is -1.22. The van der Waals surface area contributed by atoms with Gasteiger partial charge in [-0.15, -0.1) is 0 Å². The average molecular weight is 288 g/mol. The molecule has 0 bridgehead atoms. The average Bonchev–Trinajstić information content (AvgIpc) is 2.23. The summed E-state index contributed by atoms with van der Waals surface area (Å²) in [5, 5.41) is 4.79. The maximum Gasteiger partial charge on any atom is 0.434 e. The molecule has 0 saturated heterocycles. The van der Waals surface area contributed by atoms with E-state index in [1.165, 1.54) is 0 Å². The summed E-state index contributed by atoms with van der Waals surface area (Å²) in [5.74, 6) is 0. The zero-order valence-electron chi connectivity index (χ0n) is 8.51. The van der Waals surface area contributed by atoms with Gasteiger partial charge < -0.3 is 0 Å². The number of nitrogens with two attached hydrogens (primary N) is 1. The molecular weight excluding hydrogens is 282 g/mol. The number of hydrogen-bond acceptors (Lipinski definition) is 3. The first-order valence-electron chi connectivity index (χ1n) is 4.35. The molecule has 18 heavy (non-hydrogen) atoms. The van der Waals surface area contributed by atoms with Crippen LogP contribution in [0.5, 0.6) is 0 Å². The molecule has 1 rings (SSSR count). The van der Waals surface area contributed by atoms with Crippen LogP contribution in [0.15, 0.2) is 28.7 Å². The molecule has 0 saturated carbocycles. The number of hydrogen-bond donors (Lipinski definition) is 1. The van der Waals surface area contributed by atoms with E-state index in [0.29, 0.717) is 12.1 Å². The third kappa shape index (κ3) is 3.64. The van der Waals surface area contributed by atoms with Crippen LogP contribution in [-0.4, -0.2) is 11.9 Å². The monoisotopic (exact) mass is 288 g/mol. The van der Waals surface area contributed by atoms with E-state index in [0.717, 1.165) is 12.1 Å². The van der Waals surface area contributed by atoms with Crippen molar-refractivity contribution in [1.29, 1.82) is 0 Å². The van der Waals surface area contributed by atoms with Crippen molar-refractivity contribution in [3.63, 3.8) is 0 Å². The molecule has 0 radical (unpaired) electrons. The lowest BCUT2D eigenvalue weighted by molar-refractivity contribution is -0.137. The Morgan fingerprint density at radius 3 is 2.17 bits per heavy atom. The van der Waals surface area contributed by atoms with Crippen LogP contribution >= 0.6 is 12.1 Å². The van der Waals surface area contributed by atoms with Crippen LogP contribution < -0.4 is 5.14 Å². The molecule has 0 spiro atoms. The van der Waals surface area contributed by atoms with Crippen molar-refractivity contribution in [3.8, 4) is 0 Å². The van der Waals surface area contributed by atoms with Gasteiger partial charge in [0.05, 0.1) is 17.7 Å². The van der Waals surface area contributed by atoms with Crippen molar-refractivity contribution in [2.24, 2.45) is 9.54 Å². The second-order valence-electron chi connectivity index (χ2n) is 3.12. The zero-order valence-corrected chi connectivity index (χ0v) is 9.33. The summed E-state index contributed by atoms with van der Waals surface area (Å²) in [6, 6.07) is 2.81. The Labute approximate surface area is 102 Å². The van der Waals surface area contributed by atoms with Gasteiger partial charge in [-0.05, 0) is 12.1 Å². The number of halogens is 6. The van der Waals surface area contributed by atoms with Crippen LogP contribution in [0.2, 0.25) is 0 Å². The van der Waals surface area contributed by atoms with Crippen molar-refractivity contribution in [3.05, 3.63) is 35.4 Å². The minimum atomic E-state index is -4.88. The minimum absolute atomic E-state index is 0.0315. The SMILES string of the molecule is NS/N=C(/c1cccc(C(F)(F)F)c1)C(F)(F)F. The predicted molar refractivity (Wildman–Crippen MR) is 55.8 cm³/mol. The highest BCUT2D eigenvalue weighted by molar-refractivity contribution is 7.95. The Balaban J connectivity index is 3.28. The van der Waals surface area contributed by atoms with E-state index in [4.69, 9.17) is 5.14 Å². The molecule has 1 aromatic rings. The van der Waals surface area contributed by atoms with Crippen molar-refractivity contribution in [2.45, 2.75) is 12.4 Å². The number of rotatable bonds is 2. The van der Waals surface area contributed by atoms with E-state index in [9.17, 15) is 26.3 Å². The number of alkyl halides is 6. The molecule has 2 N–H and O–H groups in total. The molecule has 0 fully saturated rings. The largest absolute Gasteiger partial charge is 0.434 e. The van der Waals surface area contributed by atoms with Gasteiger partial charge in [-0.3, -0.25) is 5.14 Å². The summed E-state index contributed by atoms with van der Waals surface area (Å²) in [5.41, 5.74) is -3.32. The van der Waals surface area contributed by atoms with Gasteiger partial charge >= 0.3 is 12.4 Å². The third-order valence-corrected chi connectivity index (χ3v) is 2.16. The lowest BCUT2D eigenvalue weighted by Gasteiger charge is -2.12. The molecule has 0 aliphatic carbocycles. The molecule has 0 unspecified atom stereocenters. The number of benzene rings is 1. The van der Waals surface area contributed by atoms with Crippen LogP contribution in [0.25, 0.3) is 0 Å². The van der Waals surface area contributed by atoms with Crippen LogP contribution in [0.3, 0.4) is 0 Å². The molecule has 0 aromatic heterocycles. The Kier molecular flexibility index (Phi) is 4.28. The van der Waals surface area contributed by atoms with Gasteiger partial charge in [-0.25, -0.2) is 0 Å². The summed E-state index contributed by atoms with van der Waals surface area (Å²) in [7, 11) is 0. The molecule has 0 aliphatic rings. The second kappa shape index (κ2) is 5.19. The Bertz CT molecular complexity index is 451. The van der Waals surface area contributed by atoms with Gasteiger partial charge in [0.15, 0.2) is 5.71 Å². The Morgan fingerprint density at radius 2 is 1.72 bits per heavy atom. The standard InChI is InChI=1S/C9H6F6N2S/c10-8(11,12)6-3-1-2-5(4-6)7(17-18-16)9(13,14)15/h1-4H,16H2/b17-7-. The fourth-order valence-corrected chi connectivity index (χ4v) is 1.48. The summed E-state index contributed by atoms with van der Waals surface area (Å²) >= 11 is 0.0315. The highest BCUT2D eigenvalue weighted by Gasteiger charge is 2.38. The molecule has 9 heteroatoms. The van der Waals surface area contributed by atoms with Gasteiger partial charge in [-0.1, -0.05) is 12.1 Å². The molecule has 0 aliphatic heterocycles. The maximum atomic E-state index is 12.5. The number of nitrogens with zero attached hydrogens (tertiary/aromatic N) is 1. The first-order chi connectivity index (χ1) is 8.16. The second-order valence-corrected chi connectivity index (χ2v) is 3.52. The van der Waals surface area contributed by atoms with Crippen molar-refractivity contribution >= 4 is 17.8 Å². The fourth-order valence-electron chi connectivity index (χ4n) is 1.16. The first kappa shape index (κ1) is 14.8. The van der Waals surface area contributed by atoms with E-state index in [2.05, 4.69) is 4.40 Å². The first-order valence-corrected chi connectivity index (χ1v) is 5.18. The molecular formula is C9H6F6N2S. The van der Waals surface area contributed by atoms with Crippen LogP contribution in [0.4, 0.5) is 26.3 Å². The molecule has 100 valence electrons. The van der Waals surface area contributed by atoms with Gasteiger partial charge in [0, 0.05) is 5.56 Å². The molecule has 0 amide bonds. The van der Waals surface area contributed by atoms with Crippen molar-refractivity contribution in [1.82, 2.24) is 0 Å². The van der Waals surface area contributed by atoms with E-state index in [1.807, 2.05) is 0 Å². The van der Waals surface area contributed by atoms with Crippen molar-refractivity contribution in [2.75, 3.05) is 0 Å². The highest BCUT2D eigenvalue weighted by atomic mass is 32.2. The van der Waals surface area contributed by atoms with Gasteiger partial charge in [0.25, 0.3) is 0 Å². The quantitative estimate of drug-likeness (QED) is 0.513. The predicted octanol–water partition coefficient (Wildman–Crippen LogP) is 3.58. The smallest absolute Gasteiger partial charge is 0.258 e. The van der Waals surface area contributed by atoms with Gasteiger partial charge in [0.2, 0.25) is 0 Å². The van der Waals surface area contributed by atoms with Crippen LogP contribution in [0, 0.1) is 0 Å². The molecule has 1 aromatic carbocycles. The van der Waals surface area contributed by atoms with Gasteiger partial charge in [-0.2, -0.15) is 30.7 Å².